The van der Waals surface area contributed by atoms with E-state index >= 15 is 0 Å². The van der Waals surface area contributed by atoms with Crippen molar-refractivity contribution in [2.24, 2.45) is 17.0 Å². The number of hydrogen-bond acceptors (Lipinski definition) is 5. The van der Waals surface area contributed by atoms with Gasteiger partial charge in [-0.15, -0.1) is 0 Å². The molecule has 4 atom stereocenters. The summed E-state index contributed by atoms with van der Waals surface area (Å²) in [6.45, 7) is 1.71. The molecule has 2 saturated carbocycles. The summed E-state index contributed by atoms with van der Waals surface area (Å²) in [7, 11) is 1.71. The maximum atomic E-state index is 14.1. The maximum Gasteiger partial charge on any atom is 0.230 e. The van der Waals surface area contributed by atoms with E-state index < -0.39 is 0 Å². The van der Waals surface area contributed by atoms with Crippen molar-refractivity contribution in [3.63, 3.8) is 0 Å². The van der Waals surface area contributed by atoms with Crippen molar-refractivity contribution in [2.45, 2.75) is 56.7 Å². The summed E-state index contributed by atoms with van der Waals surface area (Å²) in [4.78, 5) is 32.7. The lowest BCUT2D eigenvalue weighted by Gasteiger charge is -2.49. The molecular formula is C28H33N5O3. The van der Waals surface area contributed by atoms with Gasteiger partial charge in [0, 0.05) is 42.2 Å². The Bertz CT molecular complexity index is 1160. The fraction of sp³-hybridized carbons (Fsp3) is 0.500. The smallest absolute Gasteiger partial charge is 0.230 e. The van der Waals surface area contributed by atoms with Crippen LogP contribution in [0.4, 0.5) is 5.69 Å². The fourth-order valence-electron chi connectivity index (χ4n) is 5.98. The number of nitrogens with zero attached hydrogens (tertiary/aromatic N) is 4. The Morgan fingerprint density at radius 1 is 1.19 bits per heavy atom. The molecule has 0 unspecified atom stereocenters. The summed E-state index contributed by atoms with van der Waals surface area (Å²) >= 11 is 0. The first-order chi connectivity index (χ1) is 17.6. The van der Waals surface area contributed by atoms with Gasteiger partial charge in [0.05, 0.1) is 18.2 Å². The number of carbonyl (C=O) groups is 2. The van der Waals surface area contributed by atoms with Gasteiger partial charge in [-0.1, -0.05) is 41.5 Å². The van der Waals surface area contributed by atoms with Gasteiger partial charge in [0.2, 0.25) is 5.91 Å². The molecule has 0 radical (unpaired) electrons. The summed E-state index contributed by atoms with van der Waals surface area (Å²) in [6, 6.07) is 15.8. The molecule has 1 aliphatic heterocycles. The molecule has 1 N–H and O–H groups in total. The first kappa shape index (κ1) is 24.5. The summed E-state index contributed by atoms with van der Waals surface area (Å²) in [6.07, 6.45) is 4.31. The van der Waals surface area contributed by atoms with Gasteiger partial charge < -0.3 is 15.0 Å². The Hall–Kier alpha value is -3.19. The minimum absolute atomic E-state index is 0.000753. The number of hydrogen-bond donors (Lipinski definition) is 1. The Kier molecular flexibility index (Phi) is 7.37. The molecule has 0 aromatic heterocycles. The van der Waals surface area contributed by atoms with Gasteiger partial charge in [-0.25, -0.2) is 0 Å². The van der Waals surface area contributed by atoms with Crippen molar-refractivity contribution in [2.75, 3.05) is 25.2 Å². The van der Waals surface area contributed by atoms with E-state index in [4.69, 9.17) is 10.3 Å². The van der Waals surface area contributed by atoms with Crippen molar-refractivity contribution >= 4 is 17.4 Å². The minimum atomic E-state index is -0.311. The summed E-state index contributed by atoms with van der Waals surface area (Å²) in [5.41, 5.74) is 11.9. The lowest BCUT2D eigenvalue weighted by molar-refractivity contribution is -0.120. The van der Waals surface area contributed by atoms with Crippen LogP contribution in [0.3, 0.4) is 0 Å². The van der Waals surface area contributed by atoms with E-state index in [1.54, 1.807) is 7.11 Å². The van der Waals surface area contributed by atoms with Crippen LogP contribution in [0.15, 0.2) is 53.6 Å². The summed E-state index contributed by atoms with van der Waals surface area (Å²) < 4.78 is 5.21. The molecule has 2 aromatic rings. The second kappa shape index (κ2) is 10.8. The highest BCUT2D eigenvalue weighted by molar-refractivity contribution is 6.12. The molecule has 8 nitrogen and oxygen atoms in total. The number of methoxy groups -OCH3 is 1. The Labute approximate surface area is 211 Å². The second-order valence-corrected chi connectivity index (χ2v) is 10.2. The molecule has 2 aromatic carbocycles. The van der Waals surface area contributed by atoms with Gasteiger partial charge in [0.1, 0.15) is 0 Å². The molecule has 0 bridgehead atoms. The normalized spacial score (nSPS) is 25.0. The largest absolute Gasteiger partial charge is 0.385 e. The highest BCUT2D eigenvalue weighted by Crippen LogP contribution is 2.49. The number of anilines is 1. The Morgan fingerprint density at radius 3 is 2.72 bits per heavy atom. The van der Waals surface area contributed by atoms with Gasteiger partial charge in [-0.2, -0.15) is 0 Å². The summed E-state index contributed by atoms with van der Waals surface area (Å²) in [5, 5.41) is 7.36. The quantitative estimate of drug-likeness (QED) is 0.233. The zero-order valence-electron chi connectivity index (χ0n) is 20.7. The van der Waals surface area contributed by atoms with Gasteiger partial charge in [0.15, 0.2) is 5.78 Å². The Balaban J connectivity index is 1.56. The molecule has 0 spiro atoms. The van der Waals surface area contributed by atoms with E-state index in [0.29, 0.717) is 17.9 Å². The second-order valence-electron chi connectivity index (χ2n) is 10.2. The van der Waals surface area contributed by atoms with E-state index in [1.165, 1.54) is 0 Å². The molecule has 3 aliphatic rings. The van der Waals surface area contributed by atoms with Crippen LogP contribution >= 0.6 is 0 Å². The third-order valence-electron chi connectivity index (χ3n) is 7.80. The number of benzene rings is 2. The number of Topliss-reactive ketones (excluding diaryl/α,β-unsaturated/α-hetero) is 1. The maximum absolute atomic E-state index is 14.1. The zero-order chi connectivity index (χ0) is 25.1. The fourth-order valence-corrected chi connectivity index (χ4v) is 5.98. The number of rotatable bonds is 9. The highest BCUT2D eigenvalue weighted by atomic mass is 16.5. The molecule has 1 heterocycles. The summed E-state index contributed by atoms with van der Waals surface area (Å²) in [5.74, 6) is -0.0485. The Morgan fingerprint density at radius 2 is 2.00 bits per heavy atom. The third-order valence-corrected chi connectivity index (χ3v) is 7.80. The average molecular weight is 488 g/mol. The molecule has 2 aliphatic carbocycles. The van der Waals surface area contributed by atoms with Crippen LogP contribution in [-0.4, -0.2) is 44.0 Å². The molecule has 2 fully saturated rings. The van der Waals surface area contributed by atoms with E-state index in [0.717, 1.165) is 49.8 Å². The van der Waals surface area contributed by atoms with E-state index in [9.17, 15) is 9.59 Å². The molecule has 0 saturated heterocycles. The van der Waals surface area contributed by atoms with Crippen LogP contribution in [-0.2, 0) is 16.1 Å². The van der Waals surface area contributed by atoms with Crippen LogP contribution in [0, 0.1) is 11.8 Å². The van der Waals surface area contributed by atoms with Gasteiger partial charge in [-0.05, 0) is 73.4 Å². The zero-order valence-corrected chi connectivity index (χ0v) is 20.7. The monoisotopic (exact) mass is 487 g/mol. The van der Waals surface area contributed by atoms with Crippen molar-refractivity contribution in [1.29, 1.82) is 0 Å². The van der Waals surface area contributed by atoms with E-state index in [-0.39, 0.29) is 48.1 Å². The molecule has 8 heteroatoms. The van der Waals surface area contributed by atoms with E-state index in [1.807, 2.05) is 41.3 Å². The highest BCUT2D eigenvalue weighted by Gasteiger charge is 2.52. The van der Waals surface area contributed by atoms with Crippen LogP contribution in [0.2, 0.25) is 0 Å². The lowest BCUT2D eigenvalue weighted by Crippen LogP contribution is -2.58. The standard InChI is InChI=1S/C28H33N5O3/c1-36-13-5-12-30-21-15-22(19-6-3-2-4-7-19)26-25(16-21)33(28(35)20-9-10-20)24-11-8-18(17-31-32-29)14-23(24)27(26)34/h2-4,6-8,11,14,20-22,25-26,30H,5,9-10,12-13,15-17H2,1H3/t21-,22+,25+,26-/m0/s1. The first-order valence-corrected chi connectivity index (χ1v) is 12.9. The number of ketones is 1. The molecule has 5 rings (SSSR count). The third kappa shape index (κ3) is 4.89. The lowest BCUT2D eigenvalue weighted by atomic mass is 9.65. The first-order valence-electron chi connectivity index (χ1n) is 12.9. The SMILES string of the molecule is COCCCN[C@H]1C[C@H](c2ccccc2)[C@@H]2C(=O)c3cc(CN=[N+]=[N-])ccc3N(C(=O)C3CC3)[C@@H]2C1. The predicted octanol–water partition coefficient (Wildman–Crippen LogP) is 4.99. The average Bonchev–Trinajstić information content (AvgIpc) is 3.76. The van der Waals surface area contributed by atoms with E-state index in [2.05, 4.69) is 27.5 Å². The van der Waals surface area contributed by atoms with Crippen molar-refractivity contribution < 1.29 is 14.3 Å². The number of ether oxygens (including phenoxy) is 1. The number of nitrogens with one attached hydrogen (secondary N) is 1. The van der Waals surface area contributed by atoms with Gasteiger partial charge in [-0.3, -0.25) is 9.59 Å². The molecule has 188 valence electrons. The molecular weight excluding hydrogens is 454 g/mol. The number of azide groups is 1. The van der Waals surface area contributed by atoms with Crippen LogP contribution in [0.1, 0.15) is 59.5 Å². The number of fused-ring (bicyclic) bond motifs is 2. The van der Waals surface area contributed by atoms with Gasteiger partial charge in [0.25, 0.3) is 0 Å². The van der Waals surface area contributed by atoms with Crippen LogP contribution in [0.5, 0.6) is 0 Å². The minimum Gasteiger partial charge on any atom is -0.385 e. The number of amides is 1. The topological polar surface area (TPSA) is 107 Å². The van der Waals surface area contributed by atoms with Crippen LogP contribution < -0.4 is 10.2 Å². The molecule has 1 amide bonds. The van der Waals surface area contributed by atoms with Crippen molar-refractivity contribution in [3.8, 4) is 0 Å². The van der Waals surface area contributed by atoms with Crippen LogP contribution in [0.25, 0.3) is 10.4 Å². The predicted molar refractivity (Wildman–Crippen MR) is 138 cm³/mol. The molecule has 36 heavy (non-hydrogen) atoms. The van der Waals surface area contributed by atoms with Crippen molar-refractivity contribution in [3.05, 3.63) is 75.7 Å². The number of carbonyl (C=O) groups excluding carboxylic acids is 2. The van der Waals surface area contributed by atoms with Gasteiger partial charge >= 0.3 is 0 Å². The van der Waals surface area contributed by atoms with Crippen molar-refractivity contribution in [1.82, 2.24) is 5.32 Å².